The number of hydrogen-bond acceptors (Lipinski definition) is 6. The molecule has 8 heteroatoms. The average molecular weight is 433 g/mol. The summed E-state index contributed by atoms with van der Waals surface area (Å²) < 4.78 is 0.731. The fraction of sp³-hybridized carbons (Fsp3) is 0.250. The Hall–Kier alpha value is -2.09. The number of benzene rings is 2. The van der Waals surface area contributed by atoms with E-state index in [4.69, 9.17) is 11.6 Å². The van der Waals surface area contributed by atoms with E-state index in [-0.39, 0.29) is 11.7 Å². The lowest BCUT2D eigenvalue weighted by molar-refractivity contribution is -0.113. The van der Waals surface area contributed by atoms with Crippen LogP contribution in [0.1, 0.15) is 22.3 Å². The van der Waals surface area contributed by atoms with Gasteiger partial charge in [0.1, 0.15) is 0 Å². The van der Waals surface area contributed by atoms with Crippen molar-refractivity contribution in [1.29, 1.82) is 0 Å². The molecule has 5 nitrogen and oxygen atoms in total. The maximum Gasteiger partial charge on any atom is 0.234 e. The van der Waals surface area contributed by atoms with E-state index in [9.17, 15) is 4.79 Å². The van der Waals surface area contributed by atoms with E-state index in [0.717, 1.165) is 21.2 Å². The van der Waals surface area contributed by atoms with Crippen LogP contribution in [0.15, 0.2) is 34.7 Å². The molecule has 0 radical (unpaired) electrons. The van der Waals surface area contributed by atoms with Crippen molar-refractivity contribution in [2.45, 2.75) is 32.0 Å². The third kappa shape index (κ3) is 5.04. The summed E-state index contributed by atoms with van der Waals surface area (Å²) in [6.07, 6.45) is 0. The first-order chi connectivity index (χ1) is 13.3. The van der Waals surface area contributed by atoms with E-state index in [1.54, 1.807) is 0 Å². The third-order valence-electron chi connectivity index (χ3n) is 4.28. The van der Waals surface area contributed by atoms with Gasteiger partial charge in [0.15, 0.2) is 4.34 Å². The molecule has 146 valence electrons. The molecule has 0 saturated heterocycles. The first kappa shape index (κ1) is 20.6. The minimum atomic E-state index is -0.127. The van der Waals surface area contributed by atoms with Crippen molar-refractivity contribution >= 4 is 57.1 Å². The van der Waals surface area contributed by atoms with Crippen LogP contribution < -0.4 is 10.6 Å². The molecule has 0 atom stereocenters. The second-order valence-electron chi connectivity index (χ2n) is 6.52. The monoisotopic (exact) mass is 432 g/mol. The third-order valence-corrected chi connectivity index (χ3v) is 6.55. The molecule has 3 aromatic rings. The quantitative estimate of drug-likeness (QED) is 0.474. The van der Waals surface area contributed by atoms with Gasteiger partial charge in [0.25, 0.3) is 0 Å². The number of thioether (sulfide) groups is 1. The second-order valence-corrected chi connectivity index (χ2v) is 9.13. The normalized spacial score (nSPS) is 10.8. The van der Waals surface area contributed by atoms with Crippen molar-refractivity contribution in [1.82, 2.24) is 10.2 Å². The SMILES string of the molecule is Cc1cc(C)c(NC(=O)CSc2nnc(Nc3cccc(C)c3C)s2)c(Cl)c1. The van der Waals surface area contributed by atoms with Crippen LogP contribution in [0.5, 0.6) is 0 Å². The minimum absolute atomic E-state index is 0.127. The molecule has 0 spiro atoms. The minimum Gasteiger partial charge on any atom is -0.330 e. The molecular formula is C20H21ClN4OS2. The van der Waals surface area contributed by atoms with E-state index in [0.29, 0.717) is 15.8 Å². The number of amides is 1. The van der Waals surface area contributed by atoms with Crippen molar-refractivity contribution in [3.05, 3.63) is 57.6 Å². The van der Waals surface area contributed by atoms with Crippen LogP contribution in [0.4, 0.5) is 16.5 Å². The first-order valence-corrected chi connectivity index (χ1v) is 10.9. The number of anilines is 3. The number of aryl methyl sites for hydroxylation is 3. The Labute approximate surface area is 177 Å². The molecule has 0 aliphatic rings. The van der Waals surface area contributed by atoms with Crippen LogP contribution in [0.2, 0.25) is 5.02 Å². The summed E-state index contributed by atoms with van der Waals surface area (Å²) >= 11 is 9.02. The topological polar surface area (TPSA) is 66.9 Å². The van der Waals surface area contributed by atoms with Gasteiger partial charge in [0, 0.05) is 5.69 Å². The Balaban J connectivity index is 1.58. The number of nitrogens with zero attached hydrogens (tertiary/aromatic N) is 2. The summed E-state index contributed by atoms with van der Waals surface area (Å²) in [4.78, 5) is 12.3. The van der Waals surface area contributed by atoms with Crippen molar-refractivity contribution in [3.8, 4) is 0 Å². The summed E-state index contributed by atoms with van der Waals surface area (Å²) in [7, 11) is 0. The molecule has 0 aliphatic heterocycles. The highest BCUT2D eigenvalue weighted by Gasteiger charge is 2.12. The molecular weight excluding hydrogens is 412 g/mol. The Kier molecular flexibility index (Phi) is 6.59. The highest BCUT2D eigenvalue weighted by molar-refractivity contribution is 8.01. The Bertz CT molecular complexity index is 996. The van der Waals surface area contributed by atoms with Gasteiger partial charge in [-0.15, -0.1) is 10.2 Å². The zero-order valence-electron chi connectivity index (χ0n) is 16.1. The van der Waals surface area contributed by atoms with Gasteiger partial charge in [-0.05, 0) is 62.1 Å². The van der Waals surface area contributed by atoms with Crippen LogP contribution in [0.3, 0.4) is 0 Å². The summed E-state index contributed by atoms with van der Waals surface area (Å²) in [5.41, 5.74) is 6.07. The standard InChI is InChI=1S/C20H21ClN4OS2/c1-11-8-13(3)18(15(21)9-11)23-17(26)10-27-20-25-24-19(28-20)22-16-7-5-6-12(2)14(16)4/h5-9H,10H2,1-4H3,(H,22,24)(H,23,26). The van der Waals surface area contributed by atoms with Crippen LogP contribution in [-0.2, 0) is 4.79 Å². The fourth-order valence-corrected chi connectivity index (χ4v) is 4.63. The maximum absolute atomic E-state index is 12.3. The van der Waals surface area contributed by atoms with E-state index in [1.165, 1.54) is 34.2 Å². The Morgan fingerprint density at radius 3 is 2.68 bits per heavy atom. The lowest BCUT2D eigenvalue weighted by Gasteiger charge is -2.11. The number of carbonyl (C=O) groups is 1. The predicted octanol–water partition coefficient (Wildman–Crippen LogP) is 5.90. The van der Waals surface area contributed by atoms with Gasteiger partial charge in [-0.1, -0.05) is 52.9 Å². The number of carbonyl (C=O) groups excluding carboxylic acids is 1. The van der Waals surface area contributed by atoms with E-state index in [2.05, 4.69) is 40.7 Å². The van der Waals surface area contributed by atoms with Gasteiger partial charge in [0.2, 0.25) is 11.0 Å². The largest absolute Gasteiger partial charge is 0.330 e. The molecule has 0 bridgehead atoms. The molecule has 0 saturated carbocycles. The van der Waals surface area contributed by atoms with Crippen LogP contribution in [-0.4, -0.2) is 21.9 Å². The number of aromatic nitrogens is 2. The molecule has 0 unspecified atom stereocenters. The predicted molar refractivity (Wildman–Crippen MR) is 119 cm³/mol. The van der Waals surface area contributed by atoms with E-state index in [1.807, 2.05) is 38.1 Å². The Morgan fingerprint density at radius 2 is 1.93 bits per heavy atom. The van der Waals surface area contributed by atoms with Gasteiger partial charge in [-0.2, -0.15) is 0 Å². The summed E-state index contributed by atoms with van der Waals surface area (Å²) in [6.45, 7) is 8.04. The van der Waals surface area contributed by atoms with Gasteiger partial charge in [-0.3, -0.25) is 4.79 Å². The summed E-state index contributed by atoms with van der Waals surface area (Å²) in [6, 6.07) is 9.92. The van der Waals surface area contributed by atoms with Crippen LogP contribution in [0.25, 0.3) is 0 Å². The van der Waals surface area contributed by atoms with Crippen molar-refractivity contribution < 1.29 is 4.79 Å². The molecule has 2 aromatic carbocycles. The lowest BCUT2D eigenvalue weighted by Crippen LogP contribution is -2.15. The number of halogens is 1. The van der Waals surface area contributed by atoms with E-state index < -0.39 is 0 Å². The average Bonchev–Trinajstić information content (AvgIpc) is 3.08. The van der Waals surface area contributed by atoms with Crippen molar-refractivity contribution in [2.24, 2.45) is 0 Å². The molecule has 0 fully saturated rings. The van der Waals surface area contributed by atoms with Gasteiger partial charge in [-0.25, -0.2) is 0 Å². The number of hydrogen-bond donors (Lipinski definition) is 2. The van der Waals surface area contributed by atoms with Gasteiger partial charge < -0.3 is 10.6 Å². The molecule has 1 amide bonds. The van der Waals surface area contributed by atoms with Gasteiger partial charge >= 0.3 is 0 Å². The van der Waals surface area contributed by atoms with Crippen molar-refractivity contribution in [3.63, 3.8) is 0 Å². The molecule has 1 heterocycles. The zero-order valence-corrected chi connectivity index (χ0v) is 18.5. The summed E-state index contributed by atoms with van der Waals surface area (Å²) in [5.74, 6) is 0.111. The highest BCUT2D eigenvalue weighted by atomic mass is 35.5. The lowest BCUT2D eigenvalue weighted by atomic mass is 10.1. The van der Waals surface area contributed by atoms with E-state index >= 15 is 0 Å². The van der Waals surface area contributed by atoms with Crippen LogP contribution >= 0.6 is 34.7 Å². The molecule has 28 heavy (non-hydrogen) atoms. The smallest absolute Gasteiger partial charge is 0.234 e. The Morgan fingerprint density at radius 1 is 1.14 bits per heavy atom. The van der Waals surface area contributed by atoms with Crippen molar-refractivity contribution in [2.75, 3.05) is 16.4 Å². The molecule has 1 aromatic heterocycles. The number of rotatable bonds is 6. The number of nitrogens with one attached hydrogen (secondary N) is 2. The first-order valence-electron chi connectivity index (χ1n) is 8.69. The fourth-order valence-electron chi connectivity index (χ4n) is 2.70. The molecule has 3 rings (SSSR count). The molecule has 2 N–H and O–H groups in total. The zero-order chi connectivity index (χ0) is 20.3. The van der Waals surface area contributed by atoms with Crippen LogP contribution in [0, 0.1) is 27.7 Å². The highest BCUT2D eigenvalue weighted by Crippen LogP contribution is 2.30. The molecule has 0 aliphatic carbocycles. The maximum atomic E-state index is 12.3. The second kappa shape index (κ2) is 8.94. The summed E-state index contributed by atoms with van der Waals surface area (Å²) in [5, 5.41) is 15.7. The van der Waals surface area contributed by atoms with Gasteiger partial charge in [0.05, 0.1) is 16.5 Å².